The molecule has 0 spiro atoms. The first kappa shape index (κ1) is 18.0. The fourth-order valence-corrected chi connectivity index (χ4v) is 1.44. The number of para-hydroxylation sites is 1. The quantitative estimate of drug-likeness (QED) is 0.250. The van der Waals surface area contributed by atoms with Gasteiger partial charge in [-0.1, -0.05) is 23.4 Å². The van der Waals surface area contributed by atoms with E-state index in [1.54, 1.807) is 18.2 Å². The maximum absolute atomic E-state index is 11.7. The third-order valence-corrected chi connectivity index (χ3v) is 2.49. The predicted octanol–water partition coefficient (Wildman–Crippen LogP) is 1.76. The lowest BCUT2D eigenvalue weighted by Gasteiger charge is -2.04. The van der Waals surface area contributed by atoms with Crippen LogP contribution >= 0.6 is 0 Å². The van der Waals surface area contributed by atoms with Gasteiger partial charge in [-0.25, -0.2) is 4.79 Å². The summed E-state index contributed by atoms with van der Waals surface area (Å²) in [6.45, 7) is 0.135. The average Bonchev–Trinajstić information content (AvgIpc) is 2.55. The third kappa shape index (κ3) is 7.47. The molecule has 0 saturated carbocycles. The molecule has 0 radical (unpaired) electrons. The molecule has 0 heterocycles. The fourth-order valence-electron chi connectivity index (χ4n) is 1.44. The van der Waals surface area contributed by atoms with Gasteiger partial charge in [0.2, 0.25) is 5.91 Å². The number of amides is 1. The molecule has 0 aliphatic rings. The summed E-state index contributed by atoms with van der Waals surface area (Å²) < 4.78 is 5.00. The van der Waals surface area contributed by atoms with Gasteiger partial charge in [0.15, 0.2) is 0 Å². The van der Waals surface area contributed by atoms with Crippen molar-refractivity contribution < 1.29 is 24.3 Å². The molecule has 0 aromatic heterocycles. The number of aromatic hydroxyl groups is 1. The number of rotatable bonds is 8. The van der Waals surface area contributed by atoms with E-state index in [1.807, 2.05) is 0 Å². The molecule has 0 fully saturated rings. The first-order chi connectivity index (χ1) is 11.1. The van der Waals surface area contributed by atoms with E-state index in [1.165, 1.54) is 43.8 Å². The number of carbonyl (C=O) groups is 2. The van der Waals surface area contributed by atoms with Gasteiger partial charge >= 0.3 is 5.97 Å². The number of nitrogens with zero attached hydrogens (tertiary/aromatic N) is 1. The molecular formula is C16H18N2O5. The molecule has 0 unspecified atom stereocenters. The number of phenolic OH excluding ortho intramolecular Hbond substituents is 1. The highest BCUT2D eigenvalue weighted by atomic mass is 16.6. The molecule has 0 saturated heterocycles. The largest absolute Gasteiger partial charge is 0.507 e. The molecule has 23 heavy (non-hydrogen) atoms. The number of benzene rings is 1. The number of carbonyl (C=O) groups excluding carboxylic acids is 2. The summed E-state index contributed by atoms with van der Waals surface area (Å²) in [5.74, 6) is -1.04. The van der Waals surface area contributed by atoms with Gasteiger partial charge in [-0.15, -0.1) is 0 Å². The Hall–Kier alpha value is -3.09. The zero-order chi connectivity index (χ0) is 16.9. The number of allylic oxidation sites excluding steroid dienone is 1. The van der Waals surface area contributed by atoms with E-state index >= 15 is 0 Å². The lowest BCUT2D eigenvalue weighted by Crippen LogP contribution is -2.13. The van der Waals surface area contributed by atoms with Crippen LogP contribution in [0.15, 0.2) is 53.8 Å². The van der Waals surface area contributed by atoms with Crippen molar-refractivity contribution >= 4 is 18.1 Å². The van der Waals surface area contributed by atoms with Crippen LogP contribution in [0.2, 0.25) is 0 Å². The monoisotopic (exact) mass is 318 g/mol. The lowest BCUT2D eigenvalue weighted by molar-refractivity contribution is -0.115. The molecule has 122 valence electrons. The highest BCUT2D eigenvalue weighted by molar-refractivity contribution is 5.92. The van der Waals surface area contributed by atoms with Crippen molar-refractivity contribution in [3.8, 4) is 5.75 Å². The molecule has 0 aliphatic heterocycles. The van der Waals surface area contributed by atoms with Crippen molar-refractivity contribution in [2.24, 2.45) is 5.16 Å². The second kappa shape index (κ2) is 10.6. The molecule has 1 aromatic carbocycles. The maximum Gasteiger partial charge on any atom is 0.341 e. The summed E-state index contributed by atoms with van der Waals surface area (Å²) in [6.07, 6.45) is 7.57. The first-order valence-electron chi connectivity index (χ1n) is 6.79. The Morgan fingerprint density at radius 3 is 2.87 bits per heavy atom. The number of esters is 1. The highest BCUT2D eigenvalue weighted by Gasteiger charge is 2.10. The summed E-state index contributed by atoms with van der Waals surface area (Å²) in [7, 11) is 1.40. The van der Waals surface area contributed by atoms with Crippen LogP contribution in [-0.2, 0) is 14.4 Å². The van der Waals surface area contributed by atoms with Crippen molar-refractivity contribution in [3.63, 3.8) is 0 Å². The molecule has 1 rings (SSSR count). The lowest BCUT2D eigenvalue weighted by atomic mass is 10.2. The molecule has 7 heteroatoms. The molecule has 0 aliphatic carbocycles. The Morgan fingerprint density at radius 2 is 2.13 bits per heavy atom. The van der Waals surface area contributed by atoms with E-state index in [0.29, 0.717) is 6.42 Å². The Kier molecular flexibility index (Phi) is 8.29. The van der Waals surface area contributed by atoms with E-state index in [-0.39, 0.29) is 23.8 Å². The predicted molar refractivity (Wildman–Crippen MR) is 84.9 cm³/mol. The number of hydrogen-bond donors (Lipinski definition) is 2. The number of hydrogen-bond acceptors (Lipinski definition) is 6. The number of oxime groups is 1. The second-order valence-corrected chi connectivity index (χ2v) is 4.15. The van der Waals surface area contributed by atoms with Crippen LogP contribution in [0.5, 0.6) is 5.75 Å². The van der Waals surface area contributed by atoms with Gasteiger partial charge in [-0.05, 0) is 18.2 Å². The standard InChI is InChI=1S/C16H18N2O5/c1-22-18-11-6-9-15(20)17-10-4-5-12-23-16(21)13-7-2-3-8-14(13)19/h2-4,6-11,19H,5,12H2,1H3,(H,17,20)/b9-6+,10-4+,18-11-. The Morgan fingerprint density at radius 1 is 1.35 bits per heavy atom. The molecule has 1 amide bonds. The van der Waals surface area contributed by atoms with Gasteiger partial charge in [-0.2, -0.15) is 0 Å². The van der Waals surface area contributed by atoms with Crippen molar-refractivity contribution in [2.75, 3.05) is 13.7 Å². The van der Waals surface area contributed by atoms with E-state index in [9.17, 15) is 14.7 Å². The Bertz CT molecular complexity index is 608. The summed E-state index contributed by atoms with van der Waals surface area (Å²) in [6, 6.07) is 6.15. The van der Waals surface area contributed by atoms with Crippen molar-refractivity contribution in [1.29, 1.82) is 0 Å². The highest BCUT2D eigenvalue weighted by Crippen LogP contribution is 2.16. The Labute approximate surface area is 133 Å². The molecule has 0 atom stereocenters. The zero-order valence-corrected chi connectivity index (χ0v) is 12.6. The molecule has 2 N–H and O–H groups in total. The van der Waals surface area contributed by atoms with Crippen LogP contribution in [0.3, 0.4) is 0 Å². The van der Waals surface area contributed by atoms with E-state index in [2.05, 4.69) is 15.3 Å². The number of ether oxygens (including phenoxy) is 1. The summed E-state index contributed by atoms with van der Waals surface area (Å²) in [5.41, 5.74) is 0.118. The second-order valence-electron chi connectivity index (χ2n) is 4.15. The minimum absolute atomic E-state index is 0.118. The fraction of sp³-hybridized carbons (Fsp3) is 0.188. The Balaban J connectivity index is 2.23. The van der Waals surface area contributed by atoms with Crippen LogP contribution in [0.25, 0.3) is 0 Å². The average molecular weight is 318 g/mol. The molecule has 1 aromatic rings. The van der Waals surface area contributed by atoms with Gasteiger partial charge in [0.1, 0.15) is 18.4 Å². The normalized spacial score (nSPS) is 11.2. The SMILES string of the molecule is CO/N=C\C=C\C(=O)N/C=C/CCOC(=O)c1ccccc1O. The van der Waals surface area contributed by atoms with Gasteiger partial charge in [0.25, 0.3) is 0 Å². The number of nitrogens with one attached hydrogen (secondary N) is 1. The molecular weight excluding hydrogens is 300 g/mol. The van der Waals surface area contributed by atoms with Crippen LogP contribution < -0.4 is 5.32 Å². The van der Waals surface area contributed by atoms with E-state index in [0.717, 1.165) is 0 Å². The summed E-state index contributed by atoms with van der Waals surface area (Å²) in [4.78, 5) is 27.4. The van der Waals surface area contributed by atoms with Crippen LogP contribution in [0.4, 0.5) is 0 Å². The number of phenols is 1. The minimum Gasteiger partial charge on any atom is -0.507 e. The van der Waals surface area contributed by atoms with Gasteiger partial charge in [0, 0.05) is 18.7 Å². The molecule has 7 nitrogen and oxygen atoms in total. The van der Waals surface area contributed by atoms with Crippen LogP contribution in [0, 0.1) is 0 Å². The topological polar surface area (TPSA) is 97.2 Å². The van der Waals surface area contributed by atoms with Crippen molar-refractivity contribution in [1.82, 2.24) is 5.32 Å². The van der Waals surface area contributed by atoms with Crippen LogP contribution in [-0.4, -0.2) is 36.9 Å². The van der Waals surface area contributed by atoms with E-state index in [4.69, 9.17) is 4.74 Å². The first-order valence-corrected chi connectivity index (χ1v) is 6.79. The minimum atomic E-state index is -0.596. The maximum atomic E-state index is 11.7. The third-order valence-electron chi connectivity index (χ3n) is 2.49. The summed E-state index contributed by atoms with van der Waals surface area (Å²) >= 11 is 0. The smallest absolute Gasteiger partial charge is 0.341 e. The molecule has 0 bridgehead atoms. The summed E-state index contributed by atoms with van der Waals surface area (Å²) in [5, 5.41) is 15.4. The van der Waals surface area contributed by atoms with Crippen molar-refractivity contribution in [2.45, 2.75) is 6.42 Å². The van der Waals surface area contributed by atoms with Crippen molar-refractivity contribution in [3.05, 3.63) is 54.3 Å². The van der Waals surface area contributed by atoms with Crippen LogP contribution in [0.1, 0.15) is 16.8 Å². The van der Waals surface area contributed by atoms with Gasteiger partial charge in [-0.3, -0.25) is 4.79 Å². The van der Waals surface area contributed by atoms with Gasteiger partial charge in [0.05, 0.1) is 12.8 Å². The van der Waals surface area contributed by atoms with Gasteiger partial charge < -0.3 is 20.0 Å². The van der Waals surface area contributed by atoms with E-state index < -0.39 is 5.97 Å². The zero-order valence-electron chi connectivity index (χ0n) is 12.6.